The van der Waals surface area contributed by atoms with Gasteiger partial charge in [0.05, 0.1) is 40.8 Å². The molecule has 0 amide bonds. The van der Waals surface area contributed by atoms with E-state index >= 15 is 4.39 Å². The molecule has 1 fully saturated rings. The van der Waals surface area contributed by atoms with Gasteiger partial charge in [-0.15, -0.1) is 0 Å². The average Bonchev–Trinajstić information content (AvgIpc) is 3.34. The van der Waals surface area contributed by atoms with Crippen molar-refractivity contribution < 1.29 is 37.9 Å². The molecule has 11 heteroatoms. The zero-order valence-corrected chi connectivity index (χ0v) is 25.2. The van der Waals surface area contributed by atoms with Crippen molar-refractivity contribution in [2.75, 3.05) is 27.3 Å². The number of ketones is 2. The SMILES string of the molecule is CCCCOc1noc2c1C(=O)C1C(=O)C3=C(O)c4c(c(F)c(C=O)c(Br)c4OCCCC)C[C@H]3C[C@H]1[C@@H]2N(C)C. The maximum Gasteiger partial charge on any atom is 0.265 e. The number of benzene rings is 1. The van der Waals surface area contributed by atoms with Crippen molar-refractivity contribution in [1.29, 1.82) is 0 Å². The zero-order valence-electron chi connectivity index (χ0n) is 23.6. The van der Waals surface area contributed by atoms with E-state index in [1.54, 1.807) is 0 Å². The number of fused-ring (bicyclic) bond motifs is 4. The molecule has 1 aromatic heterocycles. The van der Waals surface area contributed by atoms with Gasteiger partial charge >= 0.3 is 0 Å². The van der Waals surface area contributed by atoms with Crippen LogP contribution in [0.3, 0.4) is 0 Å². The van der Waals surface area contributed by atoms with Gasteiger partial charge in [-0.05, 0) is 72.7 Å². The molecule has 0 spiro atoms. The summed E-state index contributed by atoms with van der Waals surface area (Å²) < 4.78 is 33.2. The quantitative estimate of drug-likeness (QED) is 0.194. The summed E-state index contributed by atoms with van der Waals surface area (Å²) >= 11 is 3.28. The van der Waals surface area contributed by atoms with E-state index in [2.05, 4.69) is 21.1 Å². The third-order valence-corrected chi connectivity index (χ3v) is 9.18. The number of rotatable bonds is 10. The molecule has 1 heterocycles. The number of carbonyl (C=O) groups is 3. The van der Waals surface area contributed by atoms with Crippen LogP contribution >= 0.6 is 15.9 Å². The van der Waals surface area contributed by atoms with Crippen LogP contribution in [-0.4, -0.2) is 60.3 Å². The largest absolute Gasteiger partial charge is 0.507 e. The van der Waals surface area contributed by atoms with Gasteiger partial charge in [0.15, 0.2) is 23.6 Å². The number of nitrogens with zero attached hydrogens (tertiary/aromatic N) is 2. The van der Waals surface area contributed by atoms with E-state index in [0.29, 0.717) is 31.5 Å². The smallest absolute Gasteiger partial charge is 0.265 e. The Kier molecular flexibility index (Phi) is 8.39. The van der Waals surface area contributed by atoms with Gasteiger partial charge in [0, 0.05) is 11.1 Å². The Hall–Kier alpha value is -3.05. The van der Waals surface area contributed by atoms with Gasteiger partial charge in [0.25, 0.3) is 5.88 Å². The Morgan fingerprint density at radius 3 is 2.44 bits per heavy atom. The number of aliphatic hydroxyl groups is 1. The molecule has 9 nitrogen and oxygen atoms in total. The fraction of sp³-hybridized carbons (Fsp3) is 0.533. The predicted octanol–water partition coefficient (Wildman–Crippen LogP) is 5.89. The fourth-order valence-electron chi connectivity index (χ4n) is 6.48. The minimum atomic E-state index is -1.09. The number of hydrogen-bond acceptors (Lipinski definition) is 9. The van der Waals surface area contributed by atoms with Crippen molar-refractivity contribution in [3.63, 3.8) is 0 Å². The maximum absolute atomic E-state index is 15.7. The first kappa shape index (κ1) is 29.4. The van der Waals surface area contributed by atoms with Crippen LogP contribution in [0.4, 0.5) is 4.39 Å². The molecule has 3 aliphatic rings. The maximum atomic E-state index is 15.7. The van der Waals surface area contributed by atoms with Crippen LogP contribution in [0.15, 0.2) is 14.6 Å². The van der Waals surface area contributed by atoms with Gasteiger partial charge in [0.2, 0.25) is 0 Å². The molecule has 0 radical (unpaired) electrons. The standard InChI is InChI=1S/C30H34BrFN2O7/c1-5-7-9-39-28-20-15(23(32)17(13-35)22(28)31)11-14-12-16-19(25(36)18(14)26(20)37)27(38)21-29(24(16)34(3)4)41-33-30(21)40-10-8-6-2/h13-14,16,19,24,37H,5-12H2,1-4H3/t14-,16+,19?,24-/m0/s1. The van der Waals surface area contributed by atoms with Crippen LogP contribution in [0.2, 0.25) is 0 Å². The van der Waals surface area contributed by atoms with Gasteiger partial charge in [-0.3, -0.25) is 19.3 Å². The number of carbonyl (C=O) groups excluding carboxylic acids is 3. The summed E-state index contributed by atoms with van der Waals surface area (Å²) in [6.07, 6.45) is 3.98. The number of halogens is 2. The highest BCUT2D eigenvalue weighted by molar-refractivity contribution is 9.10. The van der Waals surface area contributed by atoms with E-state index in [0.717, 1.165) is 19.3 Å². The number of allylic oxidation sites excluding steroid dienone is 1. The van der Waals surface area contributed by atoms with E-state index in [9.17, 15) is 19.5 Å². The molecule has 1 N–H and O–H groups in total. The normalized spacial score (nSPS) is 23.2. The highest BCUT2D eigenvalue weighted by Crippen LogP contribution is 2.55. The lowest BCUT2D eigenvalue weighted by atomic mass is 9.59. The monoisotopic (exact) mass is 632 g/mol. The molecule has 0 saturated heterocycles. The lowest BCUT2D eigenvalue weighted by Crippen LogP contribution is -2.49. The zero-order chi connectivity index (χ0) is 29.6. The molecule has 220 valence electrons. The summed E-state index contributed by atoms with van der Waals surface area (Å²) in [7, 11) is 3.66. The molecule has 0 bridgehead atoms. The third kappa shape index (κ3) is 4.70. The predicted molar refractivity (Wildman–Crippen MR) is 151 cm³/mol. The van der Waals surface area contributed by atoms with E-state index < -0.39 is 46.9 Å². The number of ether oxygens (including phenoxy) is 2. The molecule has 0 aliphatic heterocycles. The number of aromatic nitrogens is 1. The van der Waals surface area contributed by atoms with Crippen molar-refractivity contribution in [3.8, 4) is 11.6 Å². The van der Waals surface area contributed by atoms with Crippen LogP contribution in [0.1, 0.15) is 89.6 Å². The Bertz CT molecular complexity index is 1430. The third-order valence-electron chi connectivity index (χ3n) is 8.39. The number of unbranched alkanes of at least 4 members (excludes halogenated alkanes) is 2. The van der Waals surface area contributed by atoms with Crippen LogP contribution in [0, 0.1) is 23.6 Å². The molecular weight excluding hydrogens is 599 g/mol. The Morgan fingerprint density at radius 2 is 1.80 bits per heavy atom. The van der Waals surface area contributed by atoms with E-state index in [1.807, 2.05) is 32.8 Å². The van der Waals surface area contributed by atoms with Crippen LogP contribution in [0.5, 0.6) is 11.6 Å². The molecule has 1 saturated carbocycles. The van der Waals surface area contributed by atoms with Crippen LogP contribution < -0.4 is 9.47 Å². The Balaban J connectivity index is 1.63. The van der Waals surface area contributed by atoms with Crippen molar-refractivity contribution in [2.45, 2.75) is 58.4 Å². The van der Waals surface area contributed by atoms with Crippen molar-refractivity contribution >= 4 is 39.5 Å². The highest BCUT2D eigenvalue weighted by Gasteiger charge is 2.56. The highest BCUT2D eigenvalue weighted by atomic mass is 79.9. The molecule has 4 atom stereocenters. The Labute approximate surface area is 246 Å². The second-order valence-corrected chi connectivity index (χ2v) is 11.9. The lowest BCUT2D eigenvalue weighted by molar-refractivity contribution is -0.123. The summed E-state index contributed by atoms with van der Waals surface area (Å²) in [5.74, 6) is -3.76. The summed E-state index contributed by atoms with van der Waals surface area (Å²) in [6, 6.07) is -0.467. The average molecular weight is 634 g/mol. The van der Waals surface area contributed by atoms with Crippen LogP contribution in [0.25, 0.3) is 5.76 Å². The summed E-state index contributed by atoms with van der Waals surface area (Å²) in [6.45, 7) is 4.63. The number of Topliss-reactive ketones (excluding diaryl/α,β-unsaturated/α-hetero) is 2. The van der Waals surface area contributed by atoms with Crippen LogP contribution in [-0.2, 0) is 11.2 Å². The van der Waals surface area contributed by atoms with Gasteiger partial charge in [0.1, 0.15) is 22.9 Å². The fourth-order valence-corrected chi connectivity index (χ4v) is 7.06. The minimum Gasteiger partial charge on any atom is -0.507 e. The molecule has 41 heavy (non-hydrogen) atoms. The molecule has 5 rings (SSSR count). The Morgan fingerprint density at radius 1 is 1.12 bits per heavy atom. The minimum absolute atomic E-state index is 0.0517. The van der Waals surface area contributed by atoms with E-state index in [1.165, 1.54) is 0 Å². The molecule has 1 aromatic carbocycles. The summed E-state index contributed by atoms with van der Waals surface area (Å²) in [5, 5.41) is 15.6. The van der Waals surface area contributed by atoms with Gasteiger partial charge in [-0.1, -0.05) is 26.7 Å². The topological polar surface area (TPSA) is 119 Å². The van der Waals surface area contributed by atoms with Crippen molar-refractivity contribution in [3.05, 3.63) is 43.9 Å². The van der Waals surface area contributed by atoms with E-state index in [4.69, 9.17) is 14.0 Å². The van der Waals surface area contributed by atoms with Crippen molar-refractivity contribution in [2.24, 2.45) is 17.8 Å². The summed E-state index contributed by atoms with van der Waals surface area (Å²) in [4.78, 5) is 41.9. The first-order valence-electron chi connectivity index (χ1n) is 14.1. The van der Waals surface area contributed by atoms with Crippen molar-refractivity contribution in [1.82, 2.24) is 10.1 Å². The second-order valence-electron chi connectivity index (χ2n) is 11.2. The number of hydrogen-bond donors (Lipinski definition) is 1. The first-order valence-corrected chi connectivity index (χ1v) is 14.9. The summed E-state index contributed by atoms with van der Waals surface area (Å²) in [5.41, 5.74) is 0.221. The first-order chi connectivity index (χ1) is 19.7. The number of aldehydes is 1. The molecule has 1 unspecified atom stereocenters. The van der Waals surface area contributed by atoms with Gasteiger partial charge in [-0.25, -0.2) is 4.39 Å². The molecule has 3 aliphatic carbocycles. The van der Waals surface area contributed by atoms with Gasteiger partial charge < -0.3 is 19.1 Å². The number of aliphatic hydroxyl groups excluding tert-OH is 1. The molecule has 2 aromatic rings. The second kappa shape index (κ2) is 11.7. The van der Waals surface area contributed by atoms with Gasteiger partial charge in [-0.2, -0.15) is 0 Å². The molecular formula is C30H34BrFN2O7. The lowest BCUT2D eigenvalue weighted by Gasteiger charge is -2.45. The van der Waals surface area contributed by atoms with E-state index in [-0.39, 0.29) is 57.0 Å².